The summed E-state index contributed by atoms with van der Waals surface area (Å²) in [6, 6.07) is 0.633. The van der Waals surface area contributed by atoms with Gasteiger partial charge in [0.15, 0.2) is 0 Å². The normalized spacial score (nSPS) is 23.8. The largest absolute Gasteiger partial charge is 0.381 e. The Labute approximate surface area is 87.2 Å². The Morgan fingerprint density at radius 1 is 1.36 bits per heavy atom. The summed E-state index contributed by atoms with van der Waals surface area (Å²) in [4.78, 5) is 0. The van der Waals surface area contributed by atoms with Gasteiger partial charge >= 0.3 is 0 Å². The van der Waals surface area contributed by atoms with Gasteiger partial charge in [0, 0.05) is 25.8 Å². The lowest BCUT2D eigenvalue weighted by Crippen LogP contribution is -2.32. The van der Waals surface area contributed by atoms with E-state index in [1.165, 1.54) is 12.8 Å². The fourth-order valence-electron chi connectivity index (χ4n) is 1.67. The maximum atomic E-state index is 5.47. The zero-order chi connectivity index (χ0) is 10.2. The molecular weight excluding hydrogens is 178 g/mol. The minimum atomic E-state index is 0.342. The van der Waals surface area contributed by atoms with Gasteiger partial charge in [0.05, 0.1) is 12.7 Å². The lowest BCUT2D eigenvalue weighted by Gasteiger charge is -2.16. The highest BCUT2D eigenvalue weighted by Crippen LogP contribution is 2.07. The summed E-state index contributed by atoms with van der Waals surface area (Å²) in [5.74, 6) is 0. The first kappa shape index (κ1) is 12.0. The molecule has 0 aliphatic carbocycles. The highest BCUT2D eigenvalue weighted by molar-refractivity contribution is 4.68. The summed E-state index contributed by atoms with van der Waals surface area (Å²) in [5.41, 5.74) is 0. The van der Waals surface area contributed by atoms with Crippen LogP contribution >= 0.6 is 0 Å². The smallest absolute Gasteiger partial charge is 0.0594 e. The Hall–Kier alpha value is -0.120. The van der Waals surface area contributed by atoms with Crippen molar-refractivity contribution in [3.8, 4) is 0 Å². The second-order valence-electron chi connectivity index (χ2n) is 4.11. The number of hydrogen-bond donors (Lipinski definition) is 1. The highest BCUT2D eigenvalue weighted by Gasteiger charge is 2.10. The summed E-state index contributed by atoms with van der Waals surface area (Å²) >= 11 is 0. The summed E-state index contributed by atoms with van der Waals surface area (Å²) in [6.07, 6.45) is 3.90. The van der Waals surface area contributed by atoms with Gasteiger partial charge in [0.25, 0.3) is 0 Å². The number of hydrogen-bond acceptors (Lipinski definition) is 3. The van der Waals surface area contributed by atoms with E-state index in [9.17, 15) is 0 Å². The first-order valence-electron chi connectivity index (χ1n) is 5.72. The molecule has 0 radical (unpaired) electrons. The van der Waals surface area contributed by atoms with Gasteiger partial charge in [-0.3, -0.25) is 0 Å². The molecule has 0 spiro atoms. The summed E-state index contributed by atoms with van der Waals surface area (Å²) in [7, 11) is 0. The Balaban J connectivity index is 1.99. The monoisotopic (exact) mass is 201 g/mol. The van der Waals surface area contributed by atoms with Crippen molar-refractivity contribution in [3.63, 3.8) is 0 Å². The maximum Gasteiger partial charge on any atom is 0.0594 e. The van der Waals surface area contributed by atoms with Crippen LogP contribution < -0.4 is 5.32 Å². The molecule has 0 bridgehead atoms. The van der Waals surface area contributed by atoms with Crippen LogP contribution in [0.5, 0.6) is 0 Å². The second-order valence-corrected chi connectivity index (χ2v) is 4.11. The summed E-state index contributed by atoms with van der Waals surface area (Å²) < 4.78 is 10.9. The van der Waals surface area contributed by atoms with Crippen molar-refractivity contribution >= 4 is 0 Å². The van der Waals surface area contributed by atoms with Crippen LogP contribution in [0.4, 0.5) is 0 Å². The lowest BCUT2D eigenvalue weighted by molar-refractivity contribution is 0.0787. The van der Waals surface area contributed by atoms with E-state index < -0.39 is 0 Å². The molecule has 1 aliphatic heterocycles. The molecular formula is C11H23NO2. The van der Waals surface area contributed by atoms with Crippen LogP contribution in [0.1, 0.15) is 33.1 Å². The molecule has 1 atom stereocenters. The van der Waals surface area contributed by atoms with Crippen LogP contribution in [0.3, 0.4) is 0 Å². The van der Waals surface area contributed by atoms with Gasteiger partial charge in [-0.05, 0) is 33.1 Å². The van der Waals surface area contributed by atoms with Gasteiger partial charge in [-0.25, -0.2) is 0 Å². The molecule has 0 amide bonds. The van der Waals surface area contributed by atoms with Crippen LogP contribution in [-0.2, 0) is 9.47 Å². The third kappa shape index (κ3) is 5.58. The topological polar surface area (TPSA) is 30.5 Å². The minimum Gasteiger partial charge on any atom is -0.381 e. The maximum absolute atomic E-state index is 5.47. The van der Waals surface area contributed by atoms with Crippen LogP contribution in [0.2, 0.25) is 0 Å². The highest BCUT2D eigenvalue weighted by atomic mass is 16.5. The molecule has 1 saturated heterocycles. The fraction of sp³-hybridized carbons (Fsp3) is 1.00. The standard InChI is InChI=1S/C11H23NO2/c1-10(2)14-9-6-12-11-4-3-7-13-8-5-11/h10-12H,3-9H2,1-2H3. The zero-order valence-corrected chi connectivity index (χ0v) is 9.42. The third-order valence-corrected chi connectivity index (χ3v) is 2.44. The van der Waals surface area contributed by atoms with Crippen molar-refractivity contribution in [1.82, 2.24) is 5.32 Å². The predicted octanol–water partition coefficient (Wildman–Crippen LogP) is 1.57. The first-order chi connectivity index (χ1) is 6.79. The quantitative estimate of drug-likeness (QED) is 0.685. The summed E-state index contributed by atoms with van der Waals surface area (Å²) in [6.45, 7) is 7.75. The molecule has 0 aromatic carbocycles. The fourth-order valence-corrected chi connectivity index (χ4v) is 1.67. The van der Waals surface area contributed by atoms with Crippen LogP contribution in [-0.4, -0.2) is 38.5 Å². The van der Waals surface area contributed by atoms with Crippen molar-refractivity contribution < 1.29 is 9.47 Å². The van der Waals surface area contributed by atoms with Gasteiger partial charge in [-0.15, -0.1) is 0 Å². The molecule has 84 valence electrons. The van der Waals surface area contributed by atoms with Crippen molar-refractivity contribution in [2.75, 3.05) is 26.4 Å². The van der Waals surface area contributed by atoms with Gasteiger partial charge in [-0.2, -0.15) is 0 Å². The molecule has 3 heteroatoms. The minimum absolute atomic E-state index is 0.342. The molecule has 1 rings (SSSR count). The molecule has 1 fully saturated rings. The summed E-state index contributed by atoms with van der Waals surface area (Å²) in [5, 5.41) is 3.51. The Morgan fingerprint density at radius 2 is 2.21 bits per heavy atom. The number of ether oxygens (including phenoxy) is 2. The van der Waals surface area contributed by atoms with Gasteiger partial charge in [-0.1, -0.05) is 0 Å². The molecule has 3 nitrogen and oxygen atoms in total. The van der Waals surface area contributed by atoms with Gasteiger partial charge < -0.3 is 14.8 Å². The average Bonchev–Trinajstić information content (AvgIpc) is 2.40. The van der Waals surface area contributed by atoms with E-state index in [0.717, 1.165) is 32.8 Å². The average molecular weight is 201 g/mol. The molecule has 1 N–H and O–H groups in total. The van der Waals surface area contributed by atoms with Crippen LogP contribution in [0.25, 0.3) is 0 Å². The SMILES string of the molecule is CC(C)OCCNC1CCCOCC1. The zero-order valence-electron chi connectivity index (χ0n) is 9.42. The van der Waals surface area contributed by atoms with Crippen molar-refractivity contribution in [1.29, 1.82) is 0 Å². The van der Waals surface area contributed by atoms with Gasteiger partial charge in [0.1, 0.15) is 0 Å². The molecule has 0 aromatic rings. The molecule has 0 saturated carbocycles. The van der Waals surface area contributed by atoms with E-state index in [-0.39, 0.29) is 0 Å². The van der Waals surface area contributed by atoms with E-state index >= 15 is 0 Å². The van der Waals surface area contributed by atoms with E-state index in [4.69, 9.17) is 9.47 Å². The first-order valence-corrected chi connectivity index (χ1v) is 5.72. The molecule has 14 heavy (non-hydrogen) atoms. The molecule has 1 unspecified atom stereocenters. The van der Waals surface area contributed by atoms with Crippen molar-refractivity contribution in [3.05, 3.63) is 0 Å². The van der Waals surface area contributed by atoms with E-state index in [1.54, 1.807) is 0 Å². The Kier molecular flexibility index (Phi) is 6.15. The molecule has 1 heterocycles. The van der Waals surface area contributed by atoms with Crippen molar-refractivity contribution in [2.24, 2.45) is 0 Å². The second kappa shape index (κ2) is 7.21. The van der Waals surface area contributed by atoms with E-state index in [1.807, 2.05) is 0 Å². The number of nitrogens with one attached hydrogen (secondary N) is 1. The Bertz CT molecular complexity index is 131. The van der Waals surface area contributed by atoms with E-state index in [0.29, 0.717) is 12.1 Å². The van der Waals surface area contributed by atoms with Gasteiger partial charge in [0.2, 0.25) is 0 Å². The van der Waals surface area contributed by atoms with Crippen molar-refractivity contribution in [2.45, 2.75) is 45.3 Å². The lowest BCUT2D eigenvalue weighted by atomic mass is 10.1. The van der Waals surface area contributed by atoms with E-state index in [2.05, 4.69) is 19.2 Å². The third-order valence-electron chi connectivity index (χ3n) is 2.44. The Morgan fingerprint density at radius 3 is 3.00 bits per heavy atom. The molecule has 0 aromatic heterocycles. The van der Waals surface area contributed by atoms with Crippen LogP contribution in [0.15, 0.2) is 0 Å². The number of rotatable bonds is 5. The van der Waals surface area contributed by atoms with Crippen LogP contribution in [0, 0.1) is 0 Å². The molecule has 1 aliphatic rings. The predicted molar refractivity (Wildman–Crippen MR) is 57.5 cm³/mol.